The number of rotatable bonds is 5. The highest BCUT2D eigenvalue weighted by molar-refractivity contribution is 7.92. The Hall–Kier alpha value is -1.60. The number of para-hydroxylation sites is 2. The number of carbonyl (C=O) groups is 1. The van der Waals surface area contributed by atoms with Gasteiger partial charge >= 0.3 is 0 Å². The second kappa shape index (κ2) is 7.31. The molecule has 0 unspecified atom stereocenters. The molecule has 1 N–H and O–H groups in total. The Morgan fingerprint density at radius 3 is 2.48 bits per heavy atom. The lowest BCUT2D eigenvalue weighted by molar-refractivity contribution is -0.113. The first-order valence-electron chi connectivity index (χ1n) is 7.80. The van der Waals surface area contributed by atoms with Crippen LogP contribution in [-0.4, -0.2) is 51.1 Å². The summed E-state index contributed by atoms with van der Waals surface area (Å²) in [5, 5.41) is 2.73. The van der Waals surface area contributed by atoms with Crippen LogP contribution >= 0.6 is 0 Å². The summed E-state index contributed by atoms with van der Waals surface area (Å²) in [5.41, 5.74) is 1.52. The monoisotopic (exact) mass is 340 g/mol. The number of nitrogens with one attached hydrogen (secondary N) is 1. The molecule has 2 rings (SSSR count). The summed E-state index contributed by atoms with van der Waals surface area (Å²) in [4.78, 5) is 14.2. The zero-order chi connectivity index (χ0) is 17.0. The lowest BCUT2D eigenvalue weighted by Gasteiger charge is -2.37. The molecule has 1 aromatic rings. The molecule has 0 radical (unpaired) electrons. The summed E-state index contributed by atoms with van der Waals surface area (Å²) in [6, 6.07) is 7.44. The van der Waals surface area contributed by atoms with E-state index in [1.54, 1.807) is 6.07 Å². The summed E-state index contributed by atoms with van der Waals surface area (Å²) in [5.74, 6) is -1.04. The molecule has 23 heavy (non-hydrogen) atoms. The molecule has 1 fully saturated rings. The van der Waals surface area contributed by atoms with E-state index in [-0.39, 0.29) is 18.0 Å². The van der Waals surface area contributed by atoms with Crippen molar-refractivity contribution in [1.82, 2.24) is 0 Å². The first-order valence-corrected chi connectivity index (χ1v) is 9.62. The zero-order valence-corrected chi connectivity index (χ0v) is 14.6. The maximum Gasteiger partial charge on any atom is 0.239 e. The van der Waals surface area contributed by atoms with Gasteiger partial charge in [0.2, 0.25) is 5.91 Å². The molecule has 0 aliphatic carbocycles. The minimum Gasteiger partial charge on any atom is -0.372 e. The summed E-state index contributed by atoms with van der Waals surface area (Å²) in [7, 11) is -3.34. The molecule has 1 heterocycles. The number of nitrogens with zero attached hydrogens (tertiary/aromatic N) is 1. The van der Waals surface area contributed by atoms with Crippen molar-refractivity contribution in [1.29, 1.82) is 0 Å². The normalized spacial score (nSPS) is 22.0. The fraction of sp³-hybridized carbons (Fsp3) is 0.562. The maximum atomic E-state index is 12.0. The number of morpholine rings is 1. The third kappa shape index (κ3) is 4.94. The van der Waals surface area contributed by atoms with E-state index in [0.717, 1.165) is 18.8 Å². The van der Waals surface area contributed by atoms with E-state index >= 15 is 0 Å². The number of sulfone groups is 1. The van der Waals surface area contributed by atoms with Gasteiger partial charge in [0.25, 0.3) is 0 Å². The van der Waals surface area contributed by atoms with E-state index in [2.05, 4.69) is 10.2 Å². The van der Waals surface area contributed by atoms with Crippen LogP contribution in [0.2, 0.25) is 0 Å². The molecule has 1 aliphatic heterocycles. The van der Waals surface area contributed by atoms with Crippen LogP contribution < -0.4 is 10.2 Å². The van der Waals surface area contributed by atoms with Crippen LogP contribution in [0.25, 0.3) is 0 Å². The van der Waals surface area contributed by atoms with Crippen molar-refractivity contribution < 1.29 is 17.9 Å². The predicted octanol–water partition coefficient (Wildman–Crippen LogP) is 1.67. The molecule has 0 bridgehead atoms. The molecule has 1 aliphatic rings. The fourth-order valence-corrected chi connectivity index (χ4v) is 3.39. The Labute approximate surface area is 137 Å². The Balaban J connectivity index is 2.16. The van der Waals surface area contributed by atoms with E-state index in [0.29, 0.717) is 5.69 Å². The van der Waals surface area contributed by atoms with Gasteiger partial charge in [-0.15, -0.1) is 0 Å². The number of anilines is 2. The van der Waals surface area contributed by atoms with Gasteiger partial charge in [0.05, 0.1) is 23.6 Å². The second-order valence-electron chi connectivity index (χ2n) is 5.90. The van der Waals surface area contributed by atoms with Crippen LogP contribution in [0.5, 0.6) is 0 Å². The van der Waals surface area contributed by atoms with Gasteiger partial charge in [0.15, 0.2) is 9.84 Å². The summed E-state index contributed by atoms with van der Waals surface area (Å²) < 4.78 is 28.9. The molecule has 128 valence electrons. The van der Waals surface area contributed by atoms with Gasteiger partial charge in [-0.05, 0) is 26.0 Å². The van der Waals surface area contributed by atoms with Gasteiger partial charge in [0, 0.05) is 18.8 Å². The minimum absolute atomic E-state index is 0.0411. The van der Waals surface area contributed by atoms with Crippen LogP contribution in [0.15, 0.2) is 24.3 Å². The van der Waals surface area contributed by atoms with E-state index < -0.39 is 21.5 Å². The highest BCUT2D eigenvalue weighted by Crippen LogP contribution is 2.28. The number of hydrogen-bond donors (Lipinski definition) is 1. The quantitative estimate of drug-likeness (QED) is 0.882. The summed E-state index contributed by atoms with van der Waals surface area (Å²) in [6.07, 6.45) is 0.200. The van der Waals surface area contributed by atoms with E-state index in [1.165, 1.54) is 6.92 Å². The van der Waals surface area contributed by atoms with Crippen molar-refractivity contribution in [3.8, 4) is 0 Å². The van der Waals surface area contributed by atoms with Gasteiger partial charge in [-0.25, -0.2) is 8.42 Å². The van der Waals surface area contributed by atoms with Crippen molar-refractivity contribution in [2.24, 2.45) is 0 Å². The van der Waals surface area contributed by atoms with E-state index in [4.69, 9.17) is 4.74 Å². The molecule has 2 atom stereocenters. The second-order valence-corrected chi connectivity index (χ2v) is 8.26. The molecule has 1 amide bonds. The predicted molar refractivity (Wildman–Crippen MR) is 91.6 cm³/mol. The number of ether oxygens (including phenoxy) is 1. The van der Waals surface area contributed by atoms with Gasteiger partial charge in [-0.3, -0.25) is 4.79 Å². The van der Waals surface area contributed by atoms with Gasteiger partial charge in [0.1, 0.15) is 5.75 Å². The fourth-order valence-electron chi connectivity index (χ4n) is 2.72. The molecule has 0 saturated carbocycles. The van der Waals surface area contributed by atoms with Crippen molar-refractivity contribution in [3.63, 3.8) is 0 Å². The third-order valence-corrected chi connectivity index (χ3v) is 5.31. The van der Waals surface area contributed by atoms with Crippen LogP contribution in [0.4, 0.5) is 11.4 Å². The standard InChI is InChI=1S/C16H24N2O4S/c1-4-23(20,21)11-16(19)17-14-7-5-6-8-15(14)18-9-12(2)22-13(3)10-18/h5-8,12-13H,4,9-11H2,1-3H3,(H,17,19)/t12-,13-/m1/s1. The van der Waals surface area contributed by atoms with Gasteiger partial charge in [-0.2, -0.15) is 0 Å². The average Bonchev–Trinajstić information content (AvgIpc) is 2.46. The van der Waals surface area contributed by atoms with Crippen LogP contribution in [-0.2, 0) is 19.4 Å². The molecular weight excluding hydrogens is 316 g/mol. The average molecular weight is 340 g/mol. The van der Waals surface area contributed by atoms with Crippen molar-refractivity contribution >= 4 is 27.1 Å². The molecular formula is C16H24N2O4S. The number of amides is 1. The van der Waals surface area contributed by atoms with Crippen LogP contribution in [0.1, 0.15) is 20.8 Å². The smallest absolute Gasteiger partial charge is 0.239 e. The number of benzene rings is 1. The molecule has 1 aromatic carbocycles. The van der Waals surface area contributed by atoms with Gasteiger partial charge in [-0.1, -0.05) is 19.1 Å². The lowest BCUT2D eigenvalue weighted by atomic mass is 10.1. The first-order chi connectivity index (χ1) is 10.8. The highest BCUT2D eigenvalue weighted by atomic mass is 32.2. The molecule has 0 aromatic heterocycles. The van der Waals surface area contributed by atoms with Crippen LogP contribution in [0, 0.1) is 0 Å². The summed E-state index contributed by atoms with van der Waals surface area (Å²) >= 11 is 0. The Morgan fingerprint density at radius 1 is 1.26 bits per heavy atom. The minimum atomic E-state index is -3.34. The van der Waals surface area contributed by atoms with Crippen molar-refractivity contribution in [3.05, 3.63) is 24.3 Å². The van der Waals surface area contributed by atoms with E-state index in [9.17, 15) is 13.2 Å². The Morgan fingerprint density at radius 2 is 1.87 bits per heavy atom. The topological polar surface area (TPSA) is 75.7 Å². The Bertz CT molecular complexity index is 650. The zero-order valence-electron chi connectivity index (χ0n) is 13.8. The molecule has 7 heteroatoms. The van der Waals surface area contributed by atoms with Gasteiger partial charge < -0.3 is 15.0 Å². The molecule has 0 spiro atoms. The highest BCUT2D eigenvalue weighted by Gasteiger charge is 2.24. The van der Waals surface area contributed by atoms with Crippen LogP contribution in [0.3, 0.4) is 0 Å². The third-order valence-electron chi connectivity index (χ3n) is 3.73. The largest absolute Gasteiger partial charge is 0.372 e. The SMILES string of the molecule is CCS(=O)(=O)CC(=O)Nc1ccccc1N1C[C@@H](C)O[C@H](C)C1. The Kier molecular flexibility index (Phi) is 5.64. The van der Waals surface area contributed by atoms with Crippen molar-refractivity contribution in [2.75, 3.05) is 34.8 Å². The molecule has 6 nitrogen and oxygen atoms in total. The van der Waals surface area contributed by atoms with E-state index in [1.807, 2.05) is 32.0 Å². The number of hydrogen-bond acceptors (Lipinski definition) is 5. The maximum absolute atomic E-state index is 12.0. The molecule has 1 saturated heterocycles. The summed E-state index contributed by atoms with van der Waals surface area (Å²) in [6.45, 7) is 7.01. The van der Waals surface area contributed by atoms with Crippen molar-refractivity contribution in [2.45, 2.75) is 33.0 Å². The lowest BCUT2D eigenvalue weighted by Crippen LogP contribution is -2.45. The first kappa shape index (κ1) is 17.7. The number of carbonyl (C=O) groups excluding carboxylic acids is 1.